The fourth-order valence-corrected chi connectivity index (χ4v) is 5.29. The third-order valence-electron chi connectivity index (χ3n) is 6.24. The van der Waals surface area contributed by atoms with Gasteiger partial charge in [-0.1, -0.05) is 36.6 Å². The first-order chi connectivity index (χ1) is 15.1. The molecule has 158 valence electrons. The summed E-state index contributed by atoms with van der Waals surface area (Å²) in [4.78, 5) is 31.9. The lowest BCUT2D eigenvalue weighted by Gasteiger charge is -2.18. The molecule has 0 unspecified atom stereocenters. The van der Waals surface area contributed by atoms with Gasteiger partial charge in [-0.05, 0) is 56.0 Å². The highest BCUT2D eigenvalue weighted by atomic mass is 32.1. The summed E-state index contributed by atoms with van der Waals surface area (Å²) in [6.45, 7) is 2.69. The van der Waals surface area contributed by atoms with E-state index in [4.69, 9.17) is 0 Å². The maximum absolute atomic E-state index is 13.0. The van der Waals surface area contributed by atoms with Gasteiger partial charge in [0.15, 0.2) is 5.13 Å². The van der Waals surface area contributed by atoms with Crippen molar-refractivity contribution in [2.75, 3.05) is 16.8 Å². The van der Waals surface area contributed by atoms with E-state index in [1.54, 1.807) is 0 Å². The summed E-state index contributed by atoms with van der Waals surface area (Å²) in [6.07, 6.45) is 5.06. The molecule has 1 aromatic heterocycles. The fraction of sp³-hybridized carbons (Fsp3) is 0.320. The lowest BCUT2D eigenvalue weighted by Crippen LogP contribution is -2.28. The van der Waals surface area contributed by atoms with Crippen LogP contribution in [0.25, 0.3) is 11.3 Å². The Balaban J connectivity index is 1.33. The minimum Gasteiger partial charge on any atom is -0.308 e. The Morgan fingerprint density at radius 3 is 2.77 bits per heavy atom. The van der Waals surface area contributed by atoms with Crippen molar-refractivity contribution in [3.05, 3.63) is 64.5 Å². The van der Waals surface area contributed by atoms with Crippen molar-refractivity contribution in [3.63, 3.8) is 0 Å². The maximum atomic E-state index is 13.0. The van der Waals surface area contributed by atoms with Crippen LogP contribution in [-0.4, -0.2) is 23.3 Å². The van der Waals surface area contributed by atoms with E-state index >= 15 is 0 Å². The van der Waals surface area contributed by atoms with E-state index in [2.05, 4.69) is 16.4 Å². The summed E-state index contributed by atoms with van der Waals surface area (Å²) < 4.78 is 0. The Labute approximate surface area is 186 Å². The van der Waals surface area contributed by atoms with Crippen LogP contribution in [-0.2, 0) is 11.2 Å². The molecule has 2 aromatic carbocycles. The predicted molar refractivity (Wildman–Crippen MR) is 125 cm³/mol. The van der Waals surface area contributed by atoms with Gasteiger partial charge in [-0.2, -0.15) is 0 Å². The molecular formula is C25H25N3O2S. The lowest BCUT2D eigenvalue weighted by molar-refractivity contribution is -0.119. The molecule has 0 saturated heterocycles. The number of anilines is 2. The molecule has 0 spiro atoms. The highest BCUT2D eigenvalue weighted by Gasteiger charge is 2.26. The van der Waals surface area contributed by atoms with E-state index < -0.39 is 0 Å². The molecule has 0 atom stereocenters. The van der Waals surface area contributed by atoms with Gasteiger partial charge in [0.1, 0.15) is 0 Å². The number of nitrogens with zero attached hydrogens (tertiary/aromatic N) is 2. The fourth-order valence-electron chi connectivity index (χ4n) is 4.57. The summed E-state index contributed by atoms with van der Waals surface area (Å²) in [6, 6.07) is 13.9. The molecule has 1 aliphatic heterocycles. The number of hydrogen-bond acceptors (Lipinski definition) is 4. The summed E-state index contributed by atoms with van der Waals surface area (Å²) in [5.74, 6) is 0.266. The maximum Gasteiger partial charge on any atom is 0.258 e. The van der Waals surface area contributed by atoms with Crippen LogP contribution in [0.3, 0.4) is 0 Å². The molecular weight excluding hydrogens is 406 g/mol. The topological polar surface area (TPSA) is 62.3 Å². The van der Waals surface area contributed by atoms with Crippen LogP contribution in [0.5, 0.6) is 0 Å². The van der Waals surface area contributed by atoms with Gasteiger partial charge in [0, 0.05) is 34.7 Å². The van der Waals surface area contributed by atoms with Crippen LogP contribution >= 0.6 is 11.3 Å². The first-order valence-electron chi connectivity index (χ1n) is 10.9. The summed E-state index contributed by atoms with van der Waals surface area (Å²) in [5, 5.41) is 5.63. The number of benzene rings is 2. The highest BCUT2D eigenvalue weighted by Crippen LogP contribution is 2.34. The SMILES string of the molecule is Cc1cccc(C(=O)N2CCc3cc(-c4csc(NC(=O)C5CCCC5)n4)ccc32)c1. The number of nitrogens with one attached hydrogen (secondary N) is 1. The van der Waals surface area contributed by atoms with Crippen LogP contribution in [0.1, 0.15) is 47.2 Å². The van der Waals surface area contributed by atoms with E-state index in [1.807, 2.05) is 53.6 Å². The third kappa shape index (κ3) is 4.00. The van der Waals surface area contributed by atoms with Gasteiger partial charge >= 0.3 is 0 Å². The number of hydrogen-bond donors (Lipinski definition) is 1. The van der Waals surface area contributed by atoms with Gasteiger partial charge in [0.05, 0.1) is 5.69 Å². The number of rotatable bonds is 4. The largest absolute Gasteiger partial charge is 0.308 e. The molecule has 2 heterocycles. The van der Waals surface area contributed by atoms with E-state index in [9.17, 15) is 9.59 Å². The van der Waals surface area contributed by atoms with Crippen LogP contribution in [0, 0.1) is 12.8 Å². The molecule has 1 fully saturated rings. The van der Waals surface area contributed by atoms with Crippen molar-refractivity contribution < 1.29 is 9.59 Å². The summed E-state index contributed by atoms with van der Waals surface area (Å²) >= 11 is 1.46. The second kappa shape index (κ2) is 8.27. The Bertz CT molecular complexity index is 1150. The van der Waals surface area contributed by atoms with Gasteiger partial charge in [0.25, 0.3) is 5.91 Å². The first kappa shape index (κ1) is 19.9. The quantitative estimate of drug-likeness (QED) is 0.597. The van der Waals surface area contributed by atoms with E-state index in [0.29, 0.717) is 11.7 Å². The zero-order valence-electron chi connectivity index (χ0n) is 17.6. The molecule has 2 amide bonds. The Morgan fingerprint density at radius 1 is 1.13 bits per heavy atom. The zero-order valence-corrected chi connectivity index (χ0v) is 18.4. The van der Waals surface area contributed by atoms with Crippen molar-refractivity contribution in [2.24, 2.45) is 5.92 Å². The molecule has 5 rings (SSSR count). The molecule has 5 nitrogen and oxygen atoms in total. The van der Waals surface area contributed by atoms with Crippen molar-refractivity contribution in [1.82, 2.24) is 4.98 Å². The molecule has 1 saturated carbocycles. The third-order valence-corrected chi connectivity index (χ3v) is 7.00. The van der Waals surface area contributed by atoms with Crippen molar-refractivity contribution in [3.8, 4) is 11.3 Å². The van der Waals surface area contributed by atoms with Crippen LogP contribution in [0.15, 0.2) is 47.8 Å². The van der Waals surface area contributed by atoms with Crippen molar-refractivity contribution in [2.45, 2.75) is 39.0 Å². The Kier molecular flexibility index (Phi) is 5.32. The van der Waals surface area contributed by atoms with Gasteiger partial charge in [0.2, 0.25) is 5.91 Å². The monoisotopic (exact) mass is 431 g/mol. The molecule has 3 aromatic rings. The number of aryl methyl sites for hydroxylation is 1. The van der Waals surface area contributed by atoms with Gasteiger partial charge in [-0.3, -0.25) is 9.59 Å². The second-order valence-corrected chi connectivity index (χ2v) is 9.29. The number of amides is 2. The van der Waals surface area contributed by atoms with E-state index in [1.165, 1.54) is 11.3 Å². The smallest absolute Gasteiger partial charge is 0.258 e. The van der Waals surface area contributed by atoms with Crippen LogP contribution in [0.2, 0.25) is 0 Å². The van der Waals surface area contributed by atoms with E-state index in [0.717, 1.165) is 65.7 Å². The van der Waals surface area contributed by atoms with E-state index in [-0.39, 0.29) is 17.7 Å². The average Bonchev–Trinajstić information content (AvgIpc) is 3.53. The number of carbonyl (C=O) groups excluding carboxylic acids is 2. The zero-order chi connectivity index (χ0) is 21.4. The van der Waals surface area contributed by atoms with Gasteiger partial charge in [-0.25, -0.2) is 4.98 Å². The first-order valence-corrected chi connectivity index (χ1v) is 11.7. The summed E-state index contributed by atoms with van der Waals surface area (Å²) in [7, 11) is 0. The van der Waals surface area contributed by atoms with Gasteiger partial charge < -0.3 is 10.2 Å². The van der Waals surface area contributed by atoms with Crippen LogP contribution in [0.4, 0.5) is 10.8 Å². The van der Waals surface area contributed by atoms with Crippen molar-refractivity contribution in [1.29, 1.82) is 0 Å². The molecule has 1 N–H and O–H groups in total. The highest BCUT2D eigenvalue weighted by molar-refractivity contribution is 7.14. The molecule has 2 aliphatic rings. The molecule has 0 bridgehead atoms. The normalized spacial score (nSPS) is 15.8. The predicted octanol–water partition coefficient (Wildman–Crippen LogP) is 5.45. The molecule has 1 aliphatic carbocycles. The lowest BCUT2D eigenvalue weighted by atomic mass is 10.1. The standard InChI is InChI=1S/C25H25N3O2S/c1-16-5-4-8-20(13-16)24(30)28-12-11-19-14-18(9-10-22(19)28)21-15-31-25(26-21)27-23(29)17-6-2-3-7-17/h4-5,8-10,13-15,17H,2-3,6-7,11-12H2,1H3,(H,26,27,29). The number of fused-ring (bicyclic) bond motifs is 1. The summed E-state index contributed by atoms with van der Waals surface area (Å²) in [5.41, 5.74) is 5.81. The molecule has 0 radical (unpaired) electrons. The number of thiazole rings is 1. The number of aromatic nitrogens is 1. The molecule has 31 heavy (non-hydrogen) atoms. The second-order valence-electron chi connectivity index (χ2n) is 8.43. The molecule has 6 heteroatoms. The van der Waals surface area contributed by atoms with Gasteiger partial charge in [-0.15, -0.1) is 11.3 Å². The Hall–Kier alpha value is -2.99. The average molecular weight is 432 g/mol. The Morgan fingerprint density at radius 2 is 1.97 bits per heavy atom. The minimum atomic E-state index is 0.0424. The van der Waals surface area contributed by atoms with Crippen LogP contribution < -0.4 is 10.2 Å². The minimum absolute atomic E-state index is 0.0424. The number of carbonyl (C=O) groups is 2. The van der Waals surface area contributed by atoms with Crippen molar-refractivity contribution >= 4 is 34.0 Å².